The number of fused-ring (bicyclic) bond motifs is 15. The van der Waals surface area contributed by atoms with Gasteiger partial charge in [-0.1, -0.05) is 12.1 Å². The number of carbonyl (C=O) groups is 7. The number of thiazole rings is 4. The van der Waals surface area contributed by atoms with Crippen molar-refractivity contribution in [3.05, 3.63) is 112 Å². The van der Waals surface area contributed by atoms with Crippen LogP contribution in [0, 0.1) is 0 Å². The lowest BCUT2D eigenvalue weighted by Gasteiger charge is -2.48. The highest BCUT2D eigenvalue weighted by atomic mass is 32.1. The Labute approximate surface area is 530 Å². The Morgan fingerprint density at radius 2 is 1.60 bits per heavy atom. The normalized spacial score (nSPS) is 24.7. The summed E-state index contributed by atoms with van der Waals surface area (Å²) in [6.45, 7) is 2.88. The van der Waals surface area contributed by atoms with Gasteiger partial charge in [-0.25, -0.2) is 34.5 Å². The predicted octanol–water partition coefficient (Wildman–Crippen LogP) is 4.86. The molecule has 33 heteroatoms. The van der Waals surface area contributed by atoms with Crippen molar-refractivity contribution in [3.63, 3.8) is 0 Å². The molecule has 8 aromatic rings. The summed E-state index contributed by atoms with van der Waals surface area (Å²) in [7, 11) is 5.01. The van der Waals surface area contributed by atoms with Crippen molar-refractivity contribution in [2.45, 2.75) is 101 Å². The zero-order valence-corrected chi connectivity index (χ0v) is 52.5. The maximum absolute atomic E-state index is 15.1. The number of aliphatic hydroxyl groups is 1. The van der Waals surface area contributed by atoms with Crippen LogP contribution >= 0.6 is 56.7 Å². The fraction of sp³-hybridized carbons (Fsp3) is 0.368. The van der Waals surface area contributed by atoms with Crippen molar-refractivity contribution in [2.24, 2.45) is 5.73 Å². The molecule has 12 bridgehead atoms. The van der Waals surface area contributed by atoms with Crippen molar-refractivity contribution >= 4 is 109 Å². The molecule has 1 saturated heterocycles. The zero-order chi connectivity index (χ0) is 63.6. The fourth-order valence-corrected chi connectivity index (χ4v) is 15.8. The van der Waals surface area contributed by atoms with E-state index in [0.717, 1.165) is 56.7 Å². The molecule has 5 amide bonds. The number of methoxy groups -OCH3 is 1. The molecule has 4 aliphatic heterocycles. The lowest BCUT2D eigenvalue weighted by molar-refractivity contribution is -0.280. The third-order valence-electron chi connectivity index (χ3n) is 15.6. The van der Waals surface area contributed by atoms with Crippen molar-refractivity contribution in [1.82, 2.24) is 55.8 Å². The molecule has 10 unspecified atom stereocenters. The maximum Gasteiger partial charge on any atom is 0.358 e. The van der Waals surface area contributed by atoms with E-state index in [1.54, 1.807) is 52.4 Å². The average molecular weight is 1330 g/mol. The summed E-state index contributed by atoms with van der Waals surface area (Å²) in [5, 5.41) is 55.0. The number of aromatic nitrogens is 6. The zero-order valence-electron chi connectivity index (χ0n) is 48.4. The topological polar surface area (TPSA) is 382 Å². The first-order chi connectivity index (χ1) is 43.0. The second kappa shape index (κ2) is 24.9. The number of hydrogen-bond acceptors (Lipinski definition) is 27. The SMILES string of the molecule is COC(C)C1NC(=O)CNC(=O)c2csc(n2)-c2cc(O)c(-c3nc(C(N)=O)cs3)nc2-c2csc(n2)C2COC(=O)c3c4c5c(cccc5n3O)COC(=O)C(OC3CC(C)(O)C(N(C)C)C(C)O3)C(OC4)C(NC(=O)c3csc1c3)c1nc(cs1)C(=O)N2. The highest BCUT2D eigenvalue weighted by Gasteiger charge is 2.50. The van der Waals surface area contributed by atoms with Gasteiger partial charge >= 0.3 is 11.9 Å². The van der Waals surface area contributed by atoms with Gasteiger partial charge in [-0.3, -0.25) is 24.0 Å². The number of benzene rings is 1. The first-order valence-electron chi connectivity index (χ1n) is 27.7. The van der Waals surface area contributed by atoms with Gasteiger partial charge in [-0.2, -0.15) is 4.73 Å². The number of likely N-dealkylation sites (N-methyl/N-ethyl adjacent to an activating group) is 1. The first-order valence-corrected chi connectivity index (χ1v) is 32.1. The molecule has 4 aliphatic rings. The lowest BCUT2D eigenvalue weighted by atomic mass is 9.85. The highest BCUT2D eigenvalue weighted by Crippen LogP contribution is 2.43. The van der Waals surface area contributed by atoms with Crippen molar-refractivity contribution in [3.8, 4) is 38.4 Å². The number of ether oxygens (including phenoxy) is 6. The minimum atomic E-state index is -1.85. The molecule has 12 rings (SSSR count). The van der Waals surface area contributed by atoms with E-state index in [9.17, 15) is 39.4 Å². The van der Waals surface area contributed by atoms with Crippen molar-refractivity contribution in [2.75, 3.05) is 34.4 Å². The number of hydrogen-bond donors (Lipinski definition) is 8. The molecule has 28 nitrogen and oxygen atoms in total. The number of nitrogens with one attached hydrogen (secondary N) is 4. The summed E-state index contributed by atoms with van der Waals surface area (Å²) >= 11 is 5.01. The minimum absolute atomic E-state index is 0.00249. The van der Waals surface area contributed by atoms with Crippen LogP contribution in [-0.4, -0.2) is 168 Å². The van der Waals surface area contributed by atoms with Gasteiger partial charge < -0.3 is 75.7 Å². The van der Waals surface area contributed by atoms with Gasteiger partial charge in [0, 0.05) is 61.8 Å². The Morgan fingerprint density at radius 1 is 0.856 bits per heavy atom. The second-order valence-electron chi connectivity index (χ2n) is 21.9. The van der Waals surface area contributed by atoms with Crippen molar-refractivity contribution in [1.29, 1.82) is 0 Å². The van der Waals surface area contributed by atoms with Gasteiger partial charge in [0.15, 0.2) is 18.1 Å². The smallest absolute Gasteiger partial charge is 0.358 e. The van der Waals surface area contributed by atoms with E-state index in [0.29, 0.717) is 15.2 Å². The predicted molar refractivity (Wildman–Crippen MR) is 324 cm³/mol. The molecule has 10 atom stereocenters. The van der Waals surface area contributed by atoms with Gasteiger partial charge in [-0.05, 0) is 58.6 Å². The fourth-order valence-electron chi connectivity index (χ4n) is 11.4. The maximum atomic E-state index is 15.1. The van der Waals surface area contributed by atoms with Crippen LogP contribution in [0.1, 0.15) is 124 Å². The van der Waals surface area contributed by atoms with Gasteiger partial charge in [0.05, 0.1) is 54.1 Å². The van der Waals surface area contributed by atoms with Crippen LogP contribution < -0.4 is 27.0 Å². The molecule has 470 valence electrons. The van der Waals surface area contributed by atoms with Gasteiger partial charge in [0.25, 0.3) is 23.6 Å². The Morgan fingerprint density at radius 3 is 2.36 bits per heavy atom. The monoisotopic (exact) mass is 1320 g/mol. The second-order valence-corrected chi connectivity index (χ2v) is 26.4. The largest absolute Gasteiger partial charge is 0.506 e. The summed E-state index contributed by atoms with van der Waals surface area (Å²) in [6, 6.07) is 3.32. The van der Waals surface area contributed by atoms with Crippen LogP contribution in [-0.2, 0) is 51.2 Å². The van der Waals surface area contributed by atoms with Crippen LogP contribution in [0.15, 0.2) is 57.2 Å². The Bertz CT molecular complexity index is 4170. The number of nitrogens with two attached hydrogens (primary N) is 1. The van der Waals surface area contributed by atoms with E-state index < -0.39 is 140 Å². The number of pyridine rings is 1. The Balaban J connectivity index is 1.03. The third-order valence-corrected chi connectivity index (χ3v) is 20.2. The van der Waals surface area contributed by atoms with Gasteiger partial charge in [-0.15, -0.1) is 56.7 Å². The number of rotatable bonds is 7. The molecule has 1 aromatic carbocycles. The standard InChI is InChI=1S/C57H56N12O16S5/c1-22(80-6)39-35-10-25(17-86-35)48(73)67-42-44-45(85-37-12-57(3,78)46(68(4)5)23(2)84-37)56(77)82-14-24-8-7-9-33-38(24)27(15-81-44)43(69(33)79)55(76)83-16-28(60-50(75)32-21-90-54(42)64-32)52-61-29(18-88-52)40-26(51-63-31(20-87-51)49(74)59-13-36(71)65-39)11-34(70)41(66-40)53-62-30(19-89-53)47(58)72/h7-11,17-23,28,37,39,42,44-46,70,78-79H,12-16H2,1-6H3,(H2,58,72)(H,59,74)(H,60,75)(H,65,71)(H,67,73). The summed E-state index contributed by atoms with van der Waals surface area (Å²) in [5.41, 5.74) is 4.08. The van der Waals surface area contributed by atoms with Crippen LogP contribution in [0.2, 0.25) is 0 Å². The van der Waals surface area contributed by atoms with E-state index in [4.69, 9.17) is 49.1 Å². The van der Waals surface area contributed by atoms with Crippen LogP contribution in [0.4, 0.5) is 0 Å². The third kappa shape index (κ3) is 11.9. The number of carbonyl (C=O) groups excluding carboxylic acids is 7. The molecule has 0 aliphatic carbocycles. The van der Waals surface area contributed by atoms with Crippen LogP contribution in [0.3, 0.4) is 0 Å². The molecule has 7 aromatic heterocycles. The number of amides is 5. The molecule has 0 spiro atoms. The minimum Gasteiger partial charge on any atom is -0.506 e. The summed E-state index contributed by atoms with van der Waals surface area (Å²) in [6.07, 6.45) is -6.42. The molecule has 90 heavy (non-hydrogen) atoms. The molecule has 1 fully saturated rings. The summed E-state index contributed by atoms with van der Waals surface area (Å²) < 4.78 is 38.4. The van der Waals surface area contributed by atoms with E-state index in [-0.39, 0.29) is 88.2 Å². The summed E-state index contributed by atoms with van der Waals surface area (Å²) in [5.74, 6) is -6.32. The average Bonchev–Trinajstić information content (AvgIpc) is 1.61. The highest BCUT2D eigenvalue weighted by molar-refractivity contribution is 7.14. The van der Waals surface area contributed by atoms with E-state index in [1.807, 2.05) is 4.90 Å². The van der Waals surface area contributed by atoms with Crippen molar-refractivity contribution < 1.29 is 77.4 Å². The molecule has 11 heterocycles. The molecule has 9 N–H and O–H groups in total. The summed E-state index contributed by atoms with van der Waals surface area (Å²) in [4.78, 5) is 125. The number of primary amides is 1. The molecular weight excluding hydrogens is 1270 g/mol. The number of esters is 2. The molecule has 0 radical (unpaired) electrons. The number of thiophene rings is 1. The van der Waals surface area contributed by atoms with E-state index in [1.165, 1.54) is 46.8 Å². The van der Waals surface area contributed by atoms with E-state index >= 15 is 9.59 Å². The lowest BCUT2D eigenvalue weighted by Crippen LogP contribution is -2.62. The van der Waals surface area contributed by atoms with Gasteiger partial charge in [0.1, 0.15) is 91.3 Å². The van der Waals surface area contributed by atoms with E-state index in [2.05, 4.69) is 31.2 Å². The van der Waals surface area contributed by atoms with Gasteiger partial charge in [0.2, 0.25) is 5.91 Å². The molecular formula is C57H56N12O16S5. The van der Waals surface area contributed by atoms with Crippen LogP contribution in [0.5, 0.6) is 5.75 Å². The first kappa shape index (κ1) is 62.0. The Hall–Kier alpha value is -8.22. The molecule has 0 saturated carbocycles. The number of cyclic esters (lactones) is 2. The number of aromatic hydroxyl groups is 1. The van der Waals surface area contributed by atoms with Crippen LogP contribution in [0.25, 0.3) is 43.6 Å². The Kier molecular flexibility index (Phi) is 17.1. The number of nitrogens with zero attached hydrogens (tertiary/aromatic N) is 7. The quantitative estimate of drug-likeness (QED) is 0.0780.